The number of aromatic nitrogens is 4. The monoisotopic (exact) mass is 336 g/mol. The van der Waals surface area contributed by atoms with Gasteiger partial charge in [-0.05, 0) is 30.6 Å². The Hall–Kier alpha value is -3.15. The van der Waals surface area contributed by atoms with Crippen molar-refractivity contribution in [2.75, 3.05) is 0 Å². The van der Waals surface area contributed by atoms with Crippen molar-refractivity contribution in [1.29, 1.82) is 0 Å². The normalized spacial score (nSPS) is 12.7. The Kier molecular flexibility index (Phi) is 5.09. The second-order valence-electron chi connectivity index (χ2n) is 5.80. The summed E-state index contributed by atoms with van der Waals surface area (Å²) < 4.78 is 0. The average Bonchev–Trinajstić information content (AvgIpc) is 3.05. The van der Waals surface area contributed by atoms with Crippen molar-refractivity contribution in [3.63, 3.8) is 0 Å². The largest absolute Gasteiger partial charge is 0.348 e. The highest BCUT2D eigenvalue weighted by Gasteiger charge is 2.04. The Morgan fingerprint density at radius 1 is 1.00 bits per heavy atom. The van der Waals surface area contributed by atoms with Crippen LogP contribution in [0.2, 0.25) is 0 Å². The first kappa shape index (κ1) is 16.7. The SMILES string of the molecule is CCCCc1[nH]cnc1/C=c1\[nH]c(=O)/c(=C/c2ccccc2)[nH]c1=O. The number of rotatable bonds is 5. The first-order valence-corrected chi connectivity index (χ1v) is 8.30. The molecule has 1 aromatic carbocycles. The molecule has 0 atom stereocenters. The number of hydrogen-bond donors (Lipinski definition) is 3. The molecule has 128 valence electrons. The molecule has 0 aliphatic carbocycles. The zero-order chi connectivity index (χ0) is 17.6. The van der Waals surface area contributed by atoms with Gasteiger partial charge in [0.1, 0.15) is 10.7 Å². The maximum atomic E-state index is 12.3. The zero-order valence-electron chi connectivity index (χ0n) is 14.0. The van der Waals surface area contributed by atoms with Crippen LogP contribution in [0.1, 0.15) is 36.7 Å². The van der Waals surface area contributed by atoms with E-state index in [0.717, 1.165) is 30.5 Å². The molecule has 0 unspecified atom stereocenters. The number of aromatic amines is 3. The van der Waals surface area contributed by atoms with Gasteiger partial charge in [-0.3, -0.25) is 9.59 Å². The predicted octanol–water partition coefficient (Wildman–Crippen LogP) is 0.786. The number of hydrogen-bond acceptors (Lipinski definition) is 3. The van der Waals surface area contributed by atoms with E-state index in [1.165, 1.54) is 0 Å². The quantitative estimate of drug-likeness (QED) is 0.643. The molecule has 2 heterocycles. The second-order valence-corrected chi connectivity index (χ2v) is 5.80. The summed E-state index contributed by atoms with van der Waals surface area (Å²) in [5, 5.41) is 0.418. The van der Waals surface area contributed by atoms with Crippen LogP contribution in [0.3, 0.4) is 0 Å². The minimum absolute atomic E-state index is 0.195. The van der Waals surface area contributed by atoms with Gasteiger partial charge in [-0.25, -0.2) is 4.98 Å². The van der Waals surface area contributed by atoms with E-state index in [-0.39, 0.29) is 21.8 Å². The van der Waals surface area contributed by atoms with E-state index in [9.17, 15) is 9.59 Å². The molecule has 6 heteroatoms. The lowest BCUT2D eigenvalue weighted by molar-refractivity contribution is 0.779. The van der Waals surface area contributed by atoms with Crippen molar-refractivity contribution in [3.05, 3.63) is 85.0 Å². The molecule has 0 amide bonds. The predicted molar refractivity (Wildman–Crippen MR) is 97.7 cm³/mol. The molecule has 3 N–H and O–H groups in total. The highest BCUT2D eigenvalue weighted by atomic mass is 16.1. The molecule has 0 saturated heterocycles. The van der Waals surface area contributed by atoms with Crippen LogP contribution in [0.5, 0.6) is 0 Å². The first-order chi connectivity index (χ1) is 12.2. The second kappa shape index (κ2) is 7.61. The highest BCUT2D eigenvalue weighted by Crippen LogP contribution is 2.07. The number of aryl methyl sites for hydroxylation is 1. The van der Waals surface area contributed by atoms with E-state index in [1.54, 1.807) is 18.5 Å². The summed E-state index contributed by atoms with van der Waals surface area (Å²) in [6, 6.07) is 9.36. The molecule has 0 radical (unpaired) electrons. The molecule has 0 saturated carbocycles. The molecule has 6 nitrogen and oxygen atoms in total. The van der Waals surface area contributed by atoms with Crippen molar-refractivity contribution in [1.82, 2.24) is 19.9 Å². The fourth-order valence-electron chi connectivity index (χ4n) is 2.56. The maximum absolute atomic E-state index is 12.3. The fourth-order valence-corrected chi connectivity index (χ4v) is 2.56. The van der Waals surface area contributed by atoms with Crippen molar-refractivity contribution in [2.45, 2.75) is 26.2 Å². The number of nitrogens with zero attached hydrogens (tertiary/aromatic N) is 1. The van der Waals surface area contributed by atoms with E-state index in [1.807, 2.05) is 30.3 Å². The molecule has 0 bridgehead atoms. The van der Waals surface area contributed by atoms with Gasteiger partial charge < -0.3 is 15.0 Å². The summed E-state index contributed by atoms with van der Waals surface area (Å²) in [5.41, 5.74) is 1.78. The summed E-state index contributed by atoms with van der Waals surface area (Å²) in [6.07, 6.45) is 7.80. The van der Waals surface area contributed by atoms with Gasteiger partial charge in [-0.2, -0.15) is 0 Å². The van der Waals surface area contributed by atoms with Gasteiger partial charge in [0.15, 0.2) is 0 Å². The minimum Gasteiger partial charge on any atom is -0.348 e. The third kappa shape index (κ3) is 4.03. The van der Waals surface area contributed by atoms with E-state index in [0.29, 0.717) is 5.69 Å². The summed E-state index contributed by atoms with van der Waals surface area (Å²) in [5.74, 6) is 0. The average molecular weight is 336 g/mol. The third-order valence-corrected chi connectivity index (χ3v) is 3.91. The standard InChI is InChI=1S/C19H20N4O2/c1-2-3-9-14-15(21-12-20-14)11-17-19(25)22-16(18(24)23-17)10-13-7-5-4-6-8-13/h4-8,10-12H,2-3,9H2,1H3,(H,20,21)(H,22,25)(H,23,24)/b16-10-,17-11-. The lowest BCUT2D eigenvalue weighted by Gasteiger charge is -1.97. The zero-order valence-corrected chi connectivity index (χ0v) is 14.0. The summed E-state index contributed by atoms with van der Waals surface area (Å²) in [6.45, 7) is 2.11. The Morgan fingerprint density at radius 3 is 2.36 bits per heavy atom. The van der Waals surface area contributed by atoms with Crippen LogP contribution in [0.25, 0.3) is 12.2 Å². The van der Waals surface area contributed by atoms with E-state index in [2.05, 4.69) is 26.9 Å². The van der Waals surface area contributed by atoms with Gasteiger partial charge in [0.2, 0.25) is 0 Å². The van der Waals surface area contributed by atoms with Crippen LogP contribution in [-0.4, -0.2) is 19.9 Å². The van der Waals surface area contributed by atoms with Crippen LogP contribution < -0.4 is 21.8 Å². The van der Waals surface area contributed by atoms with Crippen LogP contribution >= 0.6 is 0 Å². The van der Waals surface area contributed by atoms with Crippen molar-refractivity contribution in [3.8, 4) is 0 Å². The third-order valence-electron chi connectivity index (χ3n) is 3.91. The molecule has 0 aliphatic heterocycles. The minimum atomic E-state index is -0.355. The Labute approximate surface area is 144 Å². The van der Waals surface area contributed by atoms with Gasteiger partial charge in [-0.15, -0.1) is 0 Å². The fraction of sp³-hybridized carbons (Fsp3) is 0.211. The van der Waals surface area contributed by atoms with Gasteiger partial charge in [0.25, 0.3) is 11.1 Å². The Morgan fingerprint density at radius 2 is 1.68 bits per heavy atom. The summed E-state index contributed by atoms with van der Waals surface area (Å²) >= 11 is 0. The summed E-state index contributed by atoms with van der Waals surface area (Å²) in [7, 11) is 0. The van der Waals surface area contributed by atoms with Crippen LogP contribution in [0.15, 0.2) is 46.2 Å². The summed E-state index contributed by atoms with van der Waals surface area (Å²) in [4.78, 5) is 37.2. The molecule has 0 spiro atoms. The smallest absolute Gasteiger partial charge is 0.272 e. The number of benzene rings is 1. The van der Waals surface area contributed by atoms with Crippen molar-refractivity contribution >= 4 is 12.2 Å². The number of imidazole rings is 1. The Bertz CT molecular complexity index is 1070. The van der Waals surface area contributed by atoms with Gasteiger partial charge >= 0.3 is 0 Å². The molecule has 2 aromatic heterocycles. The molecular weight excluding hydrogens is 316 g/mol. The van der Waals surface area contributed by atoms with Crippen LogP contribution in [0, 0.1) is 0 Å². The van der Waals surface area contributed by atoms with Gasteiger partial charge in [0, 0.05) is 5.69 Å². The highest BCUT2D eigenvalue weighted by molar-refractivity contribution is 5.48. The van der Waals surface area contributed by atoms with Crippen molar-refractivity contribution < 1.29 is 0 Å². The van der Waals surface area contributed by atoms with E-state index < -0.39 is 0 Å². The van der Waals surface area contributed by atoms with Gasteiger partial charge in [0.05, 0.1) is 12.0 Å². The number of nitrogens with one attached hydrogen (secondary N) is 3. The van der Waals surface area contributed by atoms with E-state index >= 15 is 0 Å². The van der Waals surface area contributed by atoms with Crippen molar-refractivity contribution in [2.24, 2.45) is 0 Å². The number of unbranched alkanes of at least 4 members (excludes halogenated alkanes) is 1. The molecule has 0 aliphatic rings. The Balaban J connectivity index is 2.04. The first-order valence-electron chi connectivity index (χ1n) is 8.30. The molecular formula is C19H20N4O2. The van der Waals surface area contributed by atoms with Crippen LogP contribution in [-0.2, 0) is 6.42 Å². The topological polar surface area (TPSA) is 94.4 Å². The van der Waals surface area contributed by atoms with Gasteiger partial charge in [-0.1, -0.05) is 43.7 Å². The molecule has 3 rings (SSSR count). The lowest BCUT2D eigenvalue weighted by Crippen LogP contribution is -2.46. The molecule has 25 heavy (non-hydrogen) atoms. The maximum Gasteiger partial charge on any atom is 0.272 e. The van der Waals surface area contributed by atoms with Crippen LogP contribution in [0.4, 0.5) is 0 Å². The number of H-pyrrole nitrogens is 3. The molecule has 0 fully saturated rings. The van der Waals surface area contributed by atoms with E-state index in [4.69, 9.17) is 0 Å². The molecule has 3 aromatic rings. The lowest BCUT2D eigenvalue weighted by atomic mass is 10.1.